The van der Waals surface area contributed by atoms with Crippen molar-refractivity contribution in [2.45, 2.75) is 45.7 Å². The Labute approximate surface area is 270 Å². The van der Waals surface area contributed by atoms with Gasteiger partial charge in [-0.3, -0.25) is 9.59 Å². The van der Waals surface area contributed by atoms with Crippen molar-refractivity contribution >= 4 is 22.7 Å². The second-order valence-electron chi connectivity index (χ2n) is 12.1. The van der Waals surface area contributed by atoms with Gasteiger partial charge in [-0.1, -0.05) is 92.6 Å². The molecule has 2 amide bonds. The number of aromatic amines is 1. The first-order valence-electron chi connectivity index (χ1n) is 15.9. The second-order valence-corrected chi connectivity index (χ2v) is 12.1. The van der Waals surface area contributed by atoms with Crippen molar-refractivity contribution < 1.29 is 19.1 Å². The van der Waals surface area contributed by atoms with Gasteiger partial charge in [0.25, 0.3) is 5.91 Å². The zero-order chi connectivity index (χ0) is 32.4. The van der Waals surface area contributed by atoms with Crippen LogP contribution in [0.5, 0.6) is 11.5 Å². The molecule has 6 rings (SSSR count). The monoisotopic (exact) mass is 615 g/mol. The van der Waals surface area contributed by atoms with Gasteiger partial charge in [0.1, 0.15) is 6.04 Å². The Hall–Kier alpha value is -5.04. The molecule has 0 bridgehead atoms. The third-order valence-corrected chi connectivity index (χ3v) is 9.27. The molecule has 0 fully saturated rings. The van der Waals surface area contributed by atoms with E-state index in [1.54, 1.807) is 14.2 Å². The normalized spacial score (nSPS) is 15.5. The maximum atomic E-state index is 14.4. The minimum absolute atomic E-state index is 0.0881. The fourth-order valence-corrected chi connectivity index (χ4v) is 6.67. The highest BCUT2D eigenvalue weighted by molar-refractivity contribution is 6.04. The molecular formula is C39H41N3O4. The number of nitrogens with zero attached hydrogens (tertiary/aromatic N) is 1. The van der Waals surface area contributed by atoms with E-state index in [-0.39, 0.29) is 17.7 Å². The predicted molar refractivity (Wildman–Crippen MR) is 182 cm³/mol. The van der Waals surface area contributed by atoms with Crippen LogP contribution in [0.3, 0.4) is 0 Å². The van der Waals surface area contributed by atoms with Crippen LogP contribution in [0.15, 0.2) is 91.0 Å². The average Bonchev–Trinajstić information content (AvgIpc) is 3.59. The van der Waals surface area contributed by atoms with Gasteiger partial charge in [0.2, 0.25) is 5.91 Å². The third kappa shape index (κ3) is 5.62. The number of ether oxygens (including phenoxy) is 2. The molecule has 7 heteroatoms. The number of aryl methyl sites for hydroxylation is 1. The highest BCUT2D eigenvalue weighted by Gasteiger charge is 2.47. The van der Waals surface area contributed by atoms with Gasteiger partial charge in [-0.05, 0) is 60.2 Å². The Morgan fingerprint density at radius 2 is 1.65 bits per heavy atom. The summed E-state index contributed by atoms with van der Waals surface area (Å²) in [6.07, 6.45) is 1.34. The van der Waals surface area contributed by atoms with Crippen LogP contribution < -0.4 is 14.8 Å². The highest BCUT2D eigenvalue weighted by Crippen LogP contribution is 2.47. The van der Waals surface area contributed by atoms with E-state index in [1.165, 1.54) is 5.56 Å². The minimum Gasteiger partial charge on any atom is -0.493 e. The van der Waals surface area contributed by atoms with Crippen LogP contribution in [0.1, 0.15) is 58.9 Å². The fourth-order valence-electron chi connectivity index (χ4n) is 6.67. The largest absolute Gasteiger partial charge is 0.493 e. The van der Waals surface area contributed by atoms with Gasteiger partial charge >= 0.3 is 0 Å². The lowest BCUT2D eigenvalue weighted by atomic mass is 9.90. The molecular weight excluding hydrogens is 574 g/mol. The predicted octanol–water partition coefficient (Wildman–Crippen LogP) is 7.48. The van der Waals surface area contributed by atoms with E-state index in [4.69, 9.17) is 9.47 Å². The first kappa shape index (κ1) is 31.0. The van der Waals surface area contributed by atoms with E-state index in [2.05, 4.69) is 67.5 Å². The minimum atomic E-state index is -0.681. The Balaban J connectivity index is 1.40. The molecule has 1 aliphatic rings. The Morgan fingerprint density at radius 3 is 2.39 bits per heavy atom. The molecule has 0 radical (unpaired) electrons. The number of amides is 2. The van der Waals surface area contributed by atoms with Crippen molar-refractivity contribution in [2.24, 2.45) is 5.92 Å². The van der Waals surface area contributed by atoms with Gasteiger partial charge < -0.3 is 24.7 Å². The standard InChI is InChI=1S/C39H41N3O4/c1-6-25(3)36(38(43)40-22-21-26-17-20-32(45-4)33(23-26)46-5)42-37(28-11-7-8-12-29(28)39(42)44)34-30-13-9-10-14-31(30)41-35(34)27-18-15-24(2)16-19-27/h7-20,23,25,36-37,41H,6,21-22H2,1-5H3,(H,40,43). The number of fused-ring (bicyclic) bond motifs is 2. The number of nitrogens with one attached hydrogen (secondary N) is 2. The first-order chi connectivity index (χ1) is 22.4. The number of rotatable bonds is 11. The first-order valence-corrected chi connectivity index (χ1v) is 15.9. The maximum Gasteiger partial charge on any atom is 0.255 e. The van der Waals surface area contributed by atoms with Crippen LogP contribution in [0.4, 0.5) is 0 Å². The molecule has 0 spiro atoms. The number of benzene rings is 4. The van der Waals surface area contributed by atoms with Crippen molar-refractivity contribution in [1.82, 2.24) is 15.2 Å². The lowest BCUT2D eigenvalue weighted by molar-refractivity contribution is -0.127. The number of aromatic nitrogens is 1. The maximum absolute atomic E-state index is 14.4. The Kier molecular flexibility index (Phi) is 8.84. The van der Waals surface area contributed by atoms with E-state index >= 15 is 0 Å². The molecule has 3 atom stereocenters. The SMILES string of the molecule is CCC(C)C(C(=O)NCCc1ccc(OC)c(OC)c1)N1C(=O)c2ccccc2C1c1c(-c2ccc(C)cc2)[nH]c2ccccc12. The summed E-state index contributed by atoms with van der Waals surface area (Å²) in [4.78, 5) is 34.2. The van der Waals surface area contributed by atoms with Crippen LogP contribution in [0.25, 0.3) is 22.2 Å². The lowest BCUT2D eigenvalue weighted by Gasteiger charge is -2.36. The third-order valence-electron chi connectivity index (χ3n) is 9.27. The molecule has 2 N–H and O–H groups in total. The smallest absolute Gasteiger partial charge is 0.255 e. The molecule has 236 valence electrons. The van der Waals surface area contributed by atoms with Gasteiger partial charge in [-0.25, -0.2) is 0 Å². The van der Waals surface area contributed by atoms with Gasteiger partial charge in [0, 0.05) is 28.6 Å². The Morgan fingerprint density at radius 1 is 0.935 bits per heavy atom. The van der Waals surface area contributed by atoms with Crippen LogP contribution in [-0.2, 0) is 11.2 Å². The summed E-state index contributed by atoms with van der Waals surface area (Å²) in [5, 5.41) is 4.22. The van der Waals surface area contributed by atoms with Crippen molar-refractivity contribution in [3.05, 3.63) is 119 Å². The summed E-state index contributed by atoms with van der Waals surface area (Å²) in [5.74, 6) is 0.941. The zero-order valence-corrected chi connectivity index (χ0v) is 27.1. The molecule has 1 aromatic heterocycles. The number of para-hydroxylation sites is 1. The fraction of sp³-hybridized carbons (Fsp3) is 0.282. The number of carbonyl (C=O) groups is 2. The van der Waals surface area contributed by atoms with Crippen molar-refractivity contribution in [1.29, 1.82) is 0 Å². The molecule has 7 nitrogen and oxygen atoms in total. The zero-order valence-electron chi connectivity index (χ0n) is 27.1. The lowest BCUT2D eigenvalue weighted by Crippen LogP contribution is -2.52. The molecule has 46 heavy (non-hydrogen) atoms. The van der Waals surface area contributed by atoms with Crippen molar-refractivity contribution in [3.63, 3.8) is 0 Å². The molecule has 1 aliphatic heterocycles. The van der Waals surface area contributed by atoms with Gasteiger partial charge in [0.15, 0.2) is 11.5 Å². The molecule has 0 saturated carbocycles. The summed E-state index contributed by atoms with van der Waals surface area (Å²) in [6, 6.07) is 29.1. The van der Waals surface area contributed by atoms with E-state index in [9.17, 15) is 9.59 Å². The number of hydrogen-bond acceptors (Lipinski definition) is 4. The van der Waals surface area contributed by atoms with E-state index in [0.717, 1.165) is 45.3 Å². The average molecular weight is 616 g/mol. The quantitative estimate of drug-likeness (QED) is 0.161. The number of methoxy groups -OCH3 is 2. The summed E-state index contributed by atoms with van der Waals surface area (Å²) in [6.45, 7) is 6.62. The summed E-state index contributed by atoms with van der Waals surface area (Å²) >= 11 is 0. The topological polar surface area (TPSA) is 83.7 Å². The molecule has 0 saturated heterocycles. The molecule has 3 unspecified atom stereocenters. The van der Waals surface area contributed by atoms with Gasteiger partial charge in [-0.15, -0.1) is 0 Å². The van der Waals surface area contributed by atoms with Crippen LogP contribution in [0.2, 0.25) is 0 Å². The molecule has 0 aliphatic carbocycles. The molecule has 4 aromatic carbocycles. The van der Waals surface area contributed by atoms with Crippen LogP contribution in [-0.4, -0.2) is 48.5 Å². The van der Waals surface area contributed by atoms with Gasteiger partial charge in [0.05, 0.1) is 26.0 Å². The van der Waals surface area contributed by atoms with Crippen LogP contribution >= 0.6 is 0 Å². The van der Waals surface area contributed by atoms with Crippen molar-refractivity contribution in [3.8, 4) is 22.8 Å². The van der Waals surface area contributed by atoms with E-state index in [0.29, 0.717) is 30.0 Å². The molecule has 2 heterocycles. The van der Waals surface area contributed by atoms with E-state index < -0.39 is 12.1 Å². The van der Waals surface area contributed by atoms with Crippen molar-refractivity contribution in [2.75, 3.05) is 20.8 Å². The number of hydrogen-bond donors (Lipinski definition) is 2. The molecule has 5 aromatic rings. The Bertz CT molecular complexity index is 1880. The second kappa shape index (κ2) is 13.1. The van der Waals surface area contributed by atoms with Gasteiger partial charge in [-0.2, -0.15) is 0 Å². The highest BCUT2D eigenvalue weighted by atomic mass is 16.5. The number of carbonyl (C=O) groups excluding carboxylic acids is 2. The van der Waals surface area contributed by atoms with Crippen LogP contribution in [0, 0.1) is 12.8 Å². The number of H-pyrrole nitrogens is 1. The summed E-state index contributed by atoms with van der Waals surface area (Å²) < 4.78 is 10.8. The summed E-state index contributed by atoms with van der Waals surface area (Å²) in [7, 11) is 3.22. The van der Waals surface area contributed by atoms with E-state index in [1.807, 2.05) is 59.5 Å². The summed E-state index contributed by atoms with van der Waals surface area (Å²) in [5.41, 5.74) is 7.73.